The Morgan fingerprint density at radius 2 is 1.64 bits per heavy atom. The molecular formula is C7H11NO3. The van der Waals surface area contributed by atoms with E-state index < -0.39 is 11.6 Å². The molecule has 0 fully saturated rings. The van der Waals surface area contributed by atoms with E-state index in [1.807, 2.05) is 0 Å². The van der Waals surface area contributed by atoms with E-state index in [-0.39, 0.29) is 18.9 Å². The van der Waals surface area contributed by atoms with E-state index >= 15 is 0 Å². The summed E-state index contributed by atoms with van der Waals surface area (Å²) in [6, 6.07) is 0. The highest BCUT2D eigenvalue weighted by molar-refractivity contribution is 6.37. The number of ketones is 3. The Labute approximate surface area is 65.0 Å². The minimum Gasteiger partial charge on any atom is -0.303 e. The fourth-order valence-corrected chi connectivity index (χ4v) is 0.477. The van der Waals surface area contributed by atoms with Crippen LogP contribution in [0.4, 0.5) is 0 Å². The summed E-state index contributed by atoms with van der Waals surface area (Å²) < 4.78 is 0. The molecule has 4 heteroatoms. The Morgan fingerprint density at radius 1 is 1.09 bits per heavy atom. The predicted molar refractivity (Wildman–Crippen MR) is 39.2 cm³/mol. The average Bonchev–Trinajstić information content (AvgIpc) is 1.86. The van der Waals surface area contributed by atoms with Gasteiger partial charge in [0.1, 0.15) is 5.78 Å². The molecule has 11 heavy (non-hydrogen) atoms. The Hall–Kier alpha value is -1.03. The minimum atomic E-state index is -0.494. The highest BCUT2D eigenvalue weighted by Gasteiger charge is 2.06. The molecule has 0 aromatic carbocycles. The third kappa shape index (κ3) is 5.42. The van der Waals surface area contributed by atoms with Crippen LogP contribution in [0.5, 0.6) is 0 Å². The number of nitrogens with one attached hydrogen (secondary N) is 1. The zero-order valence-electron chi connectivity index (χ0n) is 6.64. The van der Waals surface area contributed by atoms with Crippen molar-refractivity contribution in [1.82, 2.24) is 5.32 Å². The normalized spacial score (nSPS) is 9.27. The first-order valence-electron chi connectivity index (χ1n) is 3.28. The van der Waals surface area contributed by atoms with E-state index in [2.05, 4.69) is 5.32 Å². The molecule has 0 aliphatic carbocycles. The van der Waals surface area contributed by atoms with Crippen LogP contribution in [0.25, 0.3) is 0 Å². The lowest BCUT2D eigenvalue weighted by atomic mass is 10.3. The summed E-state index contributed by atoms with van der Waals surface area (Å²) in [7, 11) is 0. The molecule has 4 nitrogen and oxygen atoms in total. The lowest BCUT2D eigenvalue weighted by Gasteiger charge is -1.97. The summed E-state index contributed by atoms with van der Waals surface area (Å²) in [4.78, 5) is 31.3. The van der Waals surface area contributed by atoms with Crippen LogP contribution in [0.3, 0.4) is 0 Å². The van der Waals surface area contributed by atoms with Gasteiger partial charge in [-0.2, -0.15) is 0 Å². The second-order valence-corrected chi connectivity index (χ2v) is 2.28. The fraction of sp³-hybridized carbons (Fsp3) is 0.571. The van der Waals surface area contributed by atoms with Gasteiger partial charge in [-0.1, -0.05) is 0 Å². The molecule has 0 saturated heterocycles. The van der Waals surface area contributed by atoms with E-state index in [0.29, 0.717) is 0 Å². The third-order valence-electron chi connectivity index (χ3n) is 1.05. The highest BCUT2D eigenvalue weighted by atomic mass is 16.2. The van der Waals surface area contributed by atoms with Gasteiger partial charge < -0.3 is 5.32 Å². The van der Waals surface area contributed by atoms with Gasteiger partial charge in [-0.25, -0.2) is 0 Å². The molecule has 62 valence electrons. The summed E-state index contributed by atoms with van der Waals surface area (Å²) in [6.07, 6.45) is 0. The predicted octanol–water partition coefficient (Wildman–Crippen LogP) is -0.677. The van der Waals surface area contributed by atoms with Crippen LogP contribution in [0.15, 0.2) is 0 Å². The van der Waals surface area contributed by atoms with Crippen LogP contribution in [-0.4, -0.2) is 30.4 Å². The molecule has 0 aliphatic heterocycles. The molecule has 0 radical (unpaired) electrons. The van der Waals surface area contributed by atoms with Gasteiger partial charge in [-0.05, 0) is 6.92 Å². The number of carbonyl (C=O) groups is 3. The molecule has 0 atom stereocenters. The summed E-state index contributed by atoms with van der Waals surface area (Å²) in [5.74, 6) is -1.03. The topological polar surface area (TPSA) is 63.2 Å². The zero-order chi connectivity index (χ0) is 8.85. The Morgan fingerprint density at radius 3 is 2.00 bits per heavy atom. The molecule has 0 bridgehead atoms. The molecule has 0 heterocycles. The van der Waals surface area contributed by atoms with Gasteiger partial charge in [0.25, 0.3) is 0 Å². The van der Waals surface area contributed by atoms with E-state index in [4.69, 9.17) is 0 Å². The van der Waals surface area contributed by atoms with Crippen LogP contribution in [0.2, 0.25) is 0 Å². The number of Topliss-reactive ketones (excluding diaryl/α,β-unsaturated/α-hetero) is 3. The maximum Gasteiger partial charge on any atom is 0.211 e. The maximum atomic E-state index is 10.6. The van der Waals surface area contributed by atoms with Crippen LogP contribution < -0.4 is 5.32 Å². The standard InChI is InChI=1S/C7H11NO3/c1-5(9)3-8-4-7(11)6(2)10/h8H,3-4H2,1-2H3. The largest absolute Gasteiger partial charge is 0.303 e. The fourth-order valence-electron chi connectivity index (χ4n) is 0.477. The maximum absolute atomic E-state index is 10.6. The molecule has 0 aliphatic rings. The summed E-state index contributed by atoms with van der Waals surface area (Å²) in [5.41, 5.74) is 0. The quantitative estimate of drug-likeness (QED) is 0.537. The van der Waals surface area contributed by atoms with Crippen LogP contribution >= 0.6 is 0 Å². The van der Waals surface area contributed by atoms with Gasteiger partial charge in [-0.3, -0.25) is 14.4 Å². The van der Waals surface area contributed by atoms with Crippen molar-refractivity contribution in [1.29, 1.82) is 0 Å². The molecular weight excluding hydrogens is 146 g/mol. The molecule has 0 aromatic heterocycles. The molecule has 0 aromatic rings. The van der Waals surface area contributed by atoms with Gasteiger partial charge in [0, 0.05) is 6.92 Å². The first kappa shape index (κ1) is 9.97. The van der Waals surface area contributed by atoms with Gasteiger partial charge in [0.2, 0.25) is 5.78 Å². The van der Waals surface area contributed by atoms with E-state index in [0.717, 1.165) is 0 Å². The van der Waals surface area contributed by atoms with Crippen molar-refractivity contribution in [2.45, 2.75) is 13.8 Å². The highest BCUT2D eigenvalue weighted by Crippen LogP contribution is 1.72. The molecule has 0 amide bonds. The SMILES string of the molecule is CC(=O)CNCC(=O)C(C)=O. The van der Waals surface area contributed by atoms with Crippen molar-refractivity contribution in [2.75, 3.05) is 13.1 Å². The third-order valence-corrected chi connectivity index (χ3v) is 1.05. The van der Waals surface area contributed by atoms with Crippen LogP contribution in [0.1, 0.15) is 13.8 Å². The van der Waals surface area contributed by atoms with Crippen molar-refractivity contribution in [3.63, 3.8) is 0 Å². The Balaban J connectivity index is 3.47. The lowest BCUT2D eigenvalue weighted by molar-refractivity contribution is -0.134. The van der Waals surface area contributed by atoms with E-state index in [1.165, 1.54) is 13.8 Å². The lowest BCUT2D eigenvalue weighted by Crippen LogP contribution is -2.30. The van der Waals surface area contributed by atoms with Crippen LogP contribution in [-0.2, 0) is 14.4 Å². The Kier molecular flexibility index (Phi) is 4.29. The number of hydrogen-bond donors (Lipinski definition) is 1. The zero-order valence-corrected chi connectivity index (χ0v) is 6.64. The van der Waals surface area contributed by atoms with Crippen molar-refractivity contribution in [3.05, 3.63) is 0 Å². The Bertz CT molecular complexity index is 186. The van der Waals surface area contributed by atoms with Gasteiger partial charge in [0.05, 0.1) is 13.1 Å². The number of rotatable bonds is 5. The van der Waals surface area contributed by atoms with Crippen molar-refractivity contribution in [3.8, 4) is 0 Å². The van der Waals surface area contributed by atoms with E-state index in [9.17, 15) is 14.4 Å². The molecule has 1 N–H and O–H groups in total. The smallest absolute Gasteiger partial charge is 0.211 e. The van der Waals surface area contributed by atoms with Gasteiger partial charge >= 0.3 is 0 Å². The second-order valence-electron chi connectivity index (χ2n) is 2.28. The van der Waals surface area contributed by atoms with Gasteiger partial charge in [0.15, 0.2) is 5.78 Å². The van der Waals surface area contributed by atoms with Crippen LogP contribution in [0, 0.1) is 0 Å². The first-order valence-corrected chi connectivity index (χ1v) is 3.28. The van der Waals surface area contributed by atoms with Crippen molar-refractivity contribution in [2.24, 2.45) is 0 Å². The number of hydrogen-bond acceptors (Lipinski definition) is 4. The molecule has 0 saturated carbocycles. The molecule has 0 spiro atoms. The van der Waals surface area contributed by atoms with E-state index in [1.54, 1.807) is 0 Å². The minimum absolute atomic E-state index is 0.0467. The van der Waals surface area contributed by atoms with Crippen molar-refractivity contribution < 1.29 is 14.4 Å². The molecule has 0 unspecified atom stereocenters. The van der Waals surface area contributed by atoms with Crippen molar-refractivity contribution >= 4 is 17.3 Å². The summed E-state index contributed by atoms with van der Waals surface area (Å²) in [6.45, 7) is 2.71. The average molecular weight is 157 g/mol. The first-order chi connectivity index (χ1) is 5.04. The monoisotopic (exact) mass is 157 g/mol. The second kappa shape index (κ2) is 4.73. The summed E-state index contributed by atoms with van der Waals surface area (Å²) in [5, 5.41) is 2.55. The number of carbonyl (C=O) groups excluding carboxylic acids is 3. The van der Waals surface area contributed by atoms with Gasteiger partial charge in [-0.15, -0.1) is 0 Å². The summed E-state index contributed by atoms with van der Waals surface area (Å²) >= 11 is 0. The molecule has 0 rings (SSSR count).